The SMILES string of the molecule is CCOC(=O)CCN(CCC(C)C)C1CC1. The Kier molecular flexibility index (Phi) is 5.81. The van der Waals surface area contributed by atoms with E-state index in [9.17, 15) is 4.79 Å². The molecule has 0 radical (unpaired) electrons. The van der Waals surface area contributed by atoms with Crippen molar-refractivity contribution in [3.05, 3.63) is 0 Å². The third kappa shape index (κ3) is 5.50. The molecule has 0 amide bonds. The zero-order valence-corrected chi connectivity index (χ0v) is 10.9. The summed E-state index contributed by atoms with van der Waals surface area (Å²) < 4.78 is 4.95. The van der Waals surface area contributed by atoms with Crippen LogP contribution in [0.1, 0.15) is 46.5 Å². The van der Waals surface area contributed by atoms with Crippen LogP contribution >= 0.6 is 0 Å². The molecular formula is C13H25NO2. The Morgan fingerprint density at radius 1 is 1.38 bits per heavy atom. The molecule has 0 atom stereocenters. The summed E-state index contributed by atoms with van der Waals surface area (Å²) in [4.78, 5) is 13.7. The van der Waals surface area contributed by atoms with E-state index < -0.39 is 0 Å². The summed E-state index contributed by atoms with van der Waals surface area (Å²) in [5, 5.41) is 0. The van der Waals surface area contributed by atoms with E-state index in [4.69, 9.17) is 4.74 Å². The molecular weight excluding hydrogens is 202 g/mol. The van der Waals surface area contributed by atoms with E-state index in [0.717, 1.165) is 25.0 Å². The van der Waals surface area contributed by atoms with Gasteiger partial charge in [0, 0.05) is 12.6 Å². The molecule has 0 aromatic rings. The molecule has 1 aliphatic rings. The van der Waals surface area contributed by atoms with E-state index in [1.807, 2.05) is 6.92 Å². The summed E-state index contributed by atoms with van der Waals surface area (Å²) in [6.07, 6.45) is 4.38. The fourth-order valence-electron chi connectivity index (χ4n) is 1.81. The van der Waals surface area contributed by atoms with Gasteiger partial charge in [-0.25, -0.2) is 0 Å². The summed E-state index contributed by atoms with van der Waals surface area (Å²) in [6, 6.07) is 0.744. The lowest BCUT2D eigenvalue weighted by Crippen LogP contribution is -2.30. The van der Waals surface area contributed by atoms with Crippen molar-refractivity contribution >= 4 is 5.97 Å². The van der Waals surface area contributed by atoms with Crippen LogP contribution in [0.15, 0.2) is 0 Å². The Hall–Kier alpha value is -0.570. The summed E-state index contributed by atoms with van der Waals surface area (Å²) >= 11 is 0. The van der Waals surface area contributed by atoms with Crippen molar-refractivity contribution < 1.29 is 9.53 Å². The van der Waals surface area contributed by atoms with Crippen molar-refractivity contribution in [3.8, 4) is 0 Å². The lowest BCUT2D eigenvalue weighted by atomic mass is 10.1. The Morgan fingerprint density at radius 3 is 2.56 bits per heavy atom. The van der Waals surface area contributed by atoms with Crippen LogP contribution in [0.4, 0.5) is 0 Å². The highest BCUT2D eigenvalue weighted by Crippen LogP contribution is 2.27. The lowest BCUT2D eigenvalue weighted by Gasteiger charge is -2.22. The van der Waals surface area contributed by atoms with Crippen LogP contribution in [0, 0.1) is 5.92 Å². The molecule has 0 heterocycles. The molecule has 0 aromatic carbocycles. The van der Waals surface area contributed by atoms with Crippen molar-refractivity contribution in [2.24, 2.45) is 5.92 Å². The number of esters is 1. The minimum atomic E-state index is -0.0577. The molecule has 0 spiro atoms. The van der Waals surface area contributed by atoms with E-state index in [1.54, 1.807) is 0 Å². The van der Waals surface area contributed by atoms with Gasteiger partial charge >= 0.3 is 5.97 Å². The number of rotatable bonds is 8. The first-order valence-corrected chi connectivity index (χ1v) is 6.53. The first-order valence-electron chi connectivity index (χ1n) is 6.53. The quantitative estimate of drug-likeness (QED) is 0.597. The van der Waals surface area contributed by atoms with Crippen LogP contribution < -0.4 is 0 Å². The molecule has 1 fully saturated rings. The smallest absolute Gasteiger partial charge is 0.307 e. The molecule has 1 saturated carbocycles. The molecule has 3 nitrogen and oxygen atoms in total. The van der Waals surface area contributed by atoms with E-state index in [1.165, 1.54) is 19.3 Å². The van der Waals surface area contributed by atoms with Crippen LogP contribution in [0.5, 0.6) is 0 Å². The Morgan fingerprint density at radius 2 is 2.06 bits per heavy atom. The summed E-state index contributed by atoms with van der Waals surface area (Å²) in [6.45, 7) is 8.84. The number of carbonyl (C=O) groups is 1. The van der Waals surface area contributed by atoms with E-state index >= 15 is 0 Å². The second kappa shape index (κ2) is 6.89. The zero-order chi connectivity index (χ0) is 12.0. The normalized spacial score (nSPS) is 15.8. The van der Waals surface area contributed by atoms with Crippen LogP contribution in [-0.4, -0.2) is 36.6 Å². The standard InChI is InChI=1S/C13H25NO2/c1-4-16-13(15)8-10-14(12-5-6-12)9-7-11(2)3/h11-12H,4-10H2,1-3H3. The average Bonchev–Trinajstić information content (AvgIpc) is 3.01. The highest BCUT2D eigenvalue weighted by atomic mass is 16.5. The van der Waals surface area contributed by atoms with Crippen LogP contribution in [0.25, 0.3) is 0 Å². The predicted molar refractivity (Wildman–Crippen MR) is 65.3 cm³/mol. The third-order valence-electron chi connectivity index (χ3n) is 2.97. The maximum Gasteiger partial charge on any atom is 0.307 e. The Bertz CT molecular complexity index is 212. The molecule has 0 unspecified atom stereocenters. The number of carbonyl (C=O) groups excluding carboxylic acids is 1. The average molecular weight is 227 g/mol. The molecule has 0 aromatic heterocycles. The first-order chi connectivity index (χ1) is 7.63. The van der Waals surface area contributed by atoms with Crippen molar-refractivity contribution in [2.75, 3.05) is 19.7 Å². The zero-order valence-electron chi connectivity index (χ0n) is 10.9. The van der Waals surface area contributed by atoms with Gasteiger partial charge in [-0.1, -0.05) is 13.8 Å². The molecule has 1 rings (SSSR count). The minimum absolute atomic E-state index is 0.0577. The first kappa shape index (κ1) is 13.5. The third-order valence-corrected chi connectivity index (χ3v) is 2.97. The highest BCUT2D eigenvalue weighted by Gasteiger charge is 2.28. The number of hydrogen-bond donors (Lipinski definition) is 0. The Balaban J connectivity index is 2.20. The van der Waals surface area contributed by atoms with Gasteiger partial charge in [-0.3, -0.25) is 9.69 Å². The molecule has 0 saturated heterocycles. The van der Waals surface area contributed by atoms with Crippen molar-refractivity contribution in [3.63, 3.8) is 0 Å². The lowest BCUT2D eigenvalue weighted by molar-refractivity contribution is -0.143. The number of hydrogen-bond acceptors (Lipinski definition) is 3. The van der Waals surface area contributed by atoms with Gasteiger partial charge in [-0.05, 0) is 38.6 Å². The predicted octanol–water partition coefficient (Wildman–Crippen LogP) is 2.45. The van der Waals surface area contributed by atoms with Gasteiger partial charge in [0.05, 0.1) is 13.0 Å². The van der Waals surface area contributed by atoms with E-state index in [0.29, 0.717) is 13.0 Å². The van der Waals surface area contributed by atoms with Gasteiger partial charge in [-0.2, -0.15) is 0 Å². The molecule has 0 N–H and O–H groups in total. The molecule has 3 heteroatoms. The highest BCUT2D eigenvalue weighted by molar-refractivity contribution is 5.69. The number of ether oxygens (including phenoxy) is 1. The largest absolute Gasteiger partial charge is 0.466 e. The van der Waals surface area contributed by atoms with Crippen LogP contribution in [-0.2, 0) is 9.53 Å². The molecule has 0 aliphatic heterocycles. The number of nitrogens with zero attached hydrogens (tertiary/aromatic N) is 1. The molecule has 16 heavy (non-hydrogen) atoms. The minimum Gasteiger partial charge on any atom is -0.466 e. The van der Waals surface area contributed by atoms with Gasteiger partial charge in [0.1, 0.15) is 0 Å². The fraction of sp³-hybridized carbons (Fsp3) is 0.923. The summed E-state index contributed by atoms with van der Waals surface area (Å²) in [7, 11) is 0. The Labute approximate surface area is 99.1 Å². The van der Waals surface area contributed by atoms with Crippen molar-refractivity contribution in [1.29, 1.82) is 0 Å². The van der Waals surface area contributed by atoms with Crippen molar-refractivity contribution in [2.45, 2.75) is 52.5 Å². The molecule has 0 bridgehead atoms. The van der Waals surface area contributed by atoms with E-state index in [2.05, 4.69) is 18.7 Å². The second-order valence-electron chi connectivity index (χ2n) is 5.00. The fourth-order valence-corrected chi connectivity index (χ4v) is 1.81. The van der Waals surface area contributed by atoms with Crippen LogP contribution in [0.3, 0.4) is 0 Å². The maximum atomic E-state index is 11.3. The summed E-state index contributed by atoms with van der Waals surface area (Å²) in [5.41, 5.74) is 0. The topological polar surface area (TPSA) is 29.5 Å². The van der Waals surface area contributed by atoms with Gasteiger partial charge in [0.15, 0.2) is 0 Å². The van der Waals surface area contributed by atoms with Gasteiger partial charge in [0.25, 0.3) is 0 Å². The van der Waals surface area contributed by atoms with Gasteiger partial charge in [-0.15, -0.1) is 0 Å². The van der Waals surface area contributed by atoms with Gasteiger partial charge in [0.2, 0.25) is 0 Å². The molecule has 94 valence electrons. The molecule has 1 aliphatic carbocycles. The van der Waals surface area contributed by atoms with Gasteiger partial charge < -0.3 is 4.74 Å². The maximum absolute atomic E-state index is 11.3. The van der Waals surface area contributed by atoms with Crippen molar-refractivity contribution in [1.82, 2.24) is 4.90 Å². The second-order valence-corrected chi connectivity index (χ2v) is 5.00. The van der Waals surface area contributed by atoms with E-state index in [-0.39, 0.29) is 5.97 Å². The van der Waals surface area contributed by atoms with Crippen LogP contribution in [0.2, 0.25) is 0 Å². The summed E-state index contributed by atoms with van der Waals surface area (Å²) in [5.74, 6) is 0.682. The monoisotopic (exact) mass is 227 g/mol.